The van der Waals surface area contributed by atoms with Crippen LogP contribution in [0.5, 0.6) is 0 Å². The number of thioether (sulfide) groups is 1. The van der Waals surface area contributed by atoms with Crippen molar-refractivity contribution in [2.24, 2.45) is 0 Å². The van der Waals surface area contributed by atoms with Crippen LogP contribution in [0.1, 0.15) is 20.8 Å². The maximum atomic E-state index is 2.40. The fourth-order valence-corrected chi connectivity index (χ4v) is 9.12. The zero-order valence-electron chi connectivity index (χ0n) is 8.43. The molecule has 0 aliphatic carbocycles. The van der Waals surface area contributed by atoms with Gasteiger partial charge in [0.1, 0.15) is 7.22 Å². The van der Waals surface area contributed by atoms with E-state index in [0.717, 1.165) is 5.25 Å². The van der Waals surface area contributed by atoms with Gasteiger partial charge in [0, 0.05) is 16.8 Å². The van der Waals surface area contributed by atoms with Gasteiger partial charge in [-0.1, -0.05) is 38.9 Å². The van der Waals surface area contributed by atoms with Crippen LogP contribution in [-0.2, 0) is 0 Å². The summed E-state index contributed by atoms with van der Waals surface area (Å²) in [6.45, 7) is 7.19. The van der Waals surface area contributed by atoms with Crippen LogP contribution in [0.4, 0.5) is 0 Å². The molecule has 0 aromatic carbocycles. The van der Waals surface area contributed by atoms with Crippen molar-refractivity contribution in [3.63, 3.8) is 0 Å². The van der Waals surface area contributed by atoms with Crippen molar-refractivity contribution in [3.05, 3.63) is 0 Å². The van der Waals surface area contributed by atoms with Gasteiger partial charge in [0.2, 0.25) is 0 Å². The Hall–Kier alpha value is 0.917. The zero-order chi connectivity index (χ0) is 9.03. The van der Waals surface area contributed by atoms with Gasteiger partial charge in [-0.2, -0.15) is 23.0 Å². The maximum Gasteiger partial charge on any atom is 0.116 e. The summed E-state index contributed by atoms with van der Waals surface area (Å²) >= 11 is 4.50. The number of hydrogen-bond acceptors (Lipinski definition) is 2. The van der Waals surface area contributed by atoms with E-state index in [1.54, 1.807) is 0 Å². The lowest BCUT2D eigenvalue weighted by Crippen LogP contribution is -2.28. The highest BCUT2D eigenvalue weighted by Crippen LogP contribution is 2.39. The molecule has 3 heteroatoms. The van der Waals surface area contributed by atoms with Crippen LogP contribution in [0.15, 0.2) is 0 Å². The molecule has 0 radical (unpaired) electrons. The largest absolute Gasteiger partial charge is 0.184 e. The molecule has 1 fully saturated rings. The van der Waals surface area contributed by atoms with Crippen LogP contribution >= 0.6 is 23.0 Å². The summed E-state index contributed by atoms with van der Waals surface area (Å²) in [4.78, 5) is 0. The van der Waals surface area contributed by atoms with Crippen LogP contribution in [0.2, 0.25) is 18.1 Å². The minimum Gasteiger partial charge on any atom is -0.184 e. The van der Waals surface area contributed by atoms with E-state index < -0.39 is 7.22 Å². The van der Waals surface area contributed by atoms with E-state index in [0.29, 0.717) is 0 Å². The molecular weight excluding hydrogens is 200 g/mol. The van der Waals surface area contributed by atoms with Gasteiger partial charge >= 0.3 is 0 Å². The minimum atomic E-state index is -0.837. The molecule has 1 unspecified atom stereocenters. The molecule has 1 rings (SSSR count). The van der Waals surface area contributed by atoms with E-state index in [1.807, 2.05) is 0 Å². The standard InChI is InChI=1S/C9H20S2Si/c1-4-12(5-2,6-3)11-8-9-7-10-9/h9H,4-8H2,1-3H3. The Morgan fingerprint density at radius 2 is 1.75 bits per heavy atom. The maximum absolute atomic E-state index is 2.40. The number of hydrogen-bond donors (Lipinski definition) is 0. The molecule has 0 aromatic heterocycles. The van der Waals surface area contributed by atoms with E-state index in [4.69, 9.17) is 0 Å². The Kier molecular flexibility index (Phi) is 4.55. The first-order valence-electron chi connectivity index (χ1n) is 5.02. The van der Waals surface area contributed by atoms with Crippen molar-refractivity contribution < 1.29 is 0 Å². The van der Waals surface area contributed by atoms with E-state index in [-0.39, 0.29) is 0 Å². The highest BCUT2D eigenvalue weighted by Gasteiger charge is 2.31. The van der Waals surface area contributed by atoms with Gasteiger partial charge in [-0.05, 0) is 0 Å². The fourth-order valence-electron chi connectivity index (χ4n) is 1.49. The summed E-state index contributed by atoms with van der Waals surface area (Å²) in [7, 11) is -0.837. The zero-order valence-corrected chi connectivity index (χ0v) is 11.1. The lowest BCUT2D eigenvalue weighted by Gasteiger charge is -2.26. The van der Waals surface area contributed by atoms with Gasteiger partial charge in [-0.15, -0.1) is 0 Å². The third kappa shape index (κ3) is 3.00. The van der Waals surface area contributed by atoms with Crippen LogP contribution in [0.3, 0.4) is 0 Å². The number of rotatable bonds is 6. The van der Waals surface area contributed by atoms with Crippen LogP contribution in [0, 0.1) is 0 Å². The van der Waals surface area contributed by atoms with E-state index >= 15 is 0 Å². The molecule has 0 aromatic rings. The lowest BCUT2D eigenvalue weighted by molar-refractivity contribution is 1.21. The second kappa shape index (κ2) is 4.96. The van der Waals surface area contributed by atoms with Crippen LogP contribution in [0.25, 0.3) is 0 Å². The van der Waals surface area contributed by atoms with Gasteiger partial charge in [0.15, 0.2) is 0 Å². The predicted molar refractivity (Wildman–Crippen MR) is 65.9 cm³/mol. The normalized spacial score (nSPS) is 22.8. The first kappa shape index (κ1) is 11.0. The van der Waals surface area contributed by atoms with Crippen molar-refractivity contribution in [1.29, 1.82) is 0 Å². The van der Waals surface area contributed by atoms with Gasteiger partial charge in [0.05, 0.1) is 0 Å². The highest BCUT2D eigenvalue weighted by atomic mass is 32.4. The van der Waals surface area contributed by atoms with Crippen molar-refractivity contribution >= 4 is 30.2 Å². The summed E-state index contributed by atoms with van der Waals surface area (Å²) in [5.41, 5.74) is 0. The third-order valence-electron chi connectivity index (χ3n) is 2.91. The second-order valence-electron chi connectivity index (χ2n) is 3.51. The summed E-state index contributed by atoms with van der Waals surface area (Å²) in [5.74, 6) is 2.89. The first-order valence-corrected chi connectivity index (χ1v) is 10.4. The average molecular weight is 220 g/mol. The van der Waals surface area contributed by atoms with Crippen molar-refractivity contribution in [2.45, 2.75) is 44.2 Å². The van der Waals surface area contributed by atoms with E-state index in [9.17, 15) is 0 Å². The Balaban J connectivity index is 2.28. The molecule has 12 heavy (non-hydrogen) atoms. The molecule has 0 N–H and O–H groups in total. The van der Waals surface area contributed by atoms with E-state index in [2.05, 4.69) is 43.7 Å². The molecule has 1 atom stereocenters. The Bertz CT molecular complexity index is 122. The van der Waals surface area contributed by atoms with Gasteiger partial charge in [-0.3, -0.25) is 0 Å². The third-order valence-corrected chi connectivity index (χ3v) is 14.1. The molecule has 1 heterocycles. The van der Waals surface area contributed by atoms with Crippen molar-refractivity contribution in [3.8, 4) is 0 Å². The van der Waals surface area contributed by atoms with Crippen LogP contribution < -0.4 is 0 Å². The quantitative estimate of drug-likeness (QED) is 0.493. The lowest BCUT2D eigenvalue weighted by atomic mass is 10.6. The van der Waals surface area contributed by atoms with Gasteiger partial charge in [-0.25, -0.2) is 0 Å². The minimum absolute atomic E-state index is 0.837. The SMILES string of the molecule is CC[Si](CC)(CC)SCC1CS1. The predicted octanol–water partition coefficient (Wildman–Crippen LogP) is 3.84. The van der Waals surface area contributed by atoms with Gasteiger partial charge < -0.3 is 0 Å². The molecule has 0 spiro atoms. The Morgan fingerprint density at radius 3 is 2.08 bits per heavy atom. The molecule has 1 aliphatic rings. The average Bonchev–Trinajstić information content (AvgIpc) is 2.92. The molecule has 0 nitrogen and oxygen atoms in total. The van der Waals surface area contributed by atoms with E-state index in [1.165, 1.54) is 29.6 Å². The summed E-state index contributed by atoms with van der Waals surface area (Å²) in [6, 6.07) is 4.42. The van der Waals surface area contributed by atoms with Crippen LogP contribution in [-0.4, -0.2) is 24.0 Å². The molecule has 0 saturated carbocycles. The van der Waals surface area contributed by atoms with Crippen molar-refractivity contribution in [1.82, 2.24) is 0 Å². The topological polar surface area (TPSA) is 0 Å². The first-order chi connectivity index (χ1) is 5.76. The Labute approximate surface area is 85.9 Å². The molecule has 0 bridgehead atoms. The summed E-state index contributed by atoms with van der Waals surface area (Å²) in [5, 5.41) is 1.03. The molecule has 72 valence electrons. The molecule has 1 saturated heterocycles. The molecule has 1 aliphatic heterocycles. The van der Waals surface area contributed by atoms with Crippen molar-refractivity contribution in [2.75, 3.05) is 11.5 Å². The Morgan fingerprint density at radius 1 is 1.25 bits per heavy atom. The molecular formula is C9H20S2Si. The smallest absolute Gasteiger partial charge is 0.116 e. The molecule has 0 amide bonds. The fraction of sp³-hybridized carbons (Fsp3) is 1.00. The summed E-state index contributed by atoms with van der Waals surface area (Å²) in [6.07, 6.45) is 0. The highest BCUT2D eigenvalue weighted by molar-refractivity contribution is 8.29. The monoisotopic (exact) mass is 220 g/mol. The second-order valence-corrected chi connectivity index (χ2v) is 13.4. The van der Waals surface area contributed by atoms with Gasteiger partial charge in [0.25, 0.3) is 0 Å². The summed E-state index contributed by atoms with van der Waals surface area (Å²) < 4.78 is 0.